The highest BCUT2D eigenvalue weighted by atomic mass is 32.1. The van der Waals surface area contributed by atoms with Crippen LogP contribution in [0.1, 0.15) is 5.56 Å². The van der Waals surface area contributed by atoms with Crippen molar-refractivity contribution in [3.63, 3.8) is 0 Å². The van der Waals surface area contributed by atoms with Crippen molar-refractivity contribution in [2.45, 2.75) is 6.42 Å². The van der Waals surface area contributed by atoms with Gasteiger partial charge in [-0.3, -0.25) is 4.98 Å². The van der Waals surface area contributed by atoms with Crippen LogP contribution in [-0.4, -0.2) is 30.7 Å². The minimum Gasteiger partial charge on any atom is -0.493 e. The van der Waals surface area contributed by atoms with Crippen LogP contribution in [0.5, 0.6) is 11.5 Å². The first-order valence-electron chi connectivity index (χ1n) is 8.70. The number of fused-ring (bicyclic) bond motifs is 1. The lowest BCUT2D eigenvalue weighted by Gasteiger charge is -2.09. The predicted octanol–water partition coefficient (Wildman–Crippen LogP) is 3.92. The maximum absolute atomic E-state index is 11.3. The van der Waals surface area contributed by atoms with Crippen LogP contribution in [0.2, 0.25) is 0 Å². The monoisotopic (exact) mass is 397 g/mol. The number of benzene rings is 2. The number of hydrogen-bond acceptors (Lipinski definition) is 7. The van der Waals surface area contributed by atoms with Crippen molar-refractivity contribution in [1.82, 2.24) is 9.97 Å². The third kappa shape index (κ3) is 3.72. The molecule has 0 radical (unpaired) electrons. The lowest BCUT2D eigenvalue weighted by Crippen LogP contribution is -2.05. The molecule has 0 fully saturated rings. The number of nitrogens with one attached hydrogen (secondary N) is 2. The lowest BCUT2D eigenvalue weighted by atomic mass is 10.1. The first kappa shape index (κ1) is 18.1. The Hall–Kier alpha value is -3.26. The Labute approximate surface area is 164 Å². The second-order valence-corrected chi connectivity index (χ2v) is 6.99. The van der Waals surface area contributed by atoms with Gasteiger partial charge in [0.05, 0.1) is 25.4 Å². The lowest BCUT2D eigenvalue weighted by molar-refractivity contribution is 0.354. The molecule has 0 amide bonds. The minimum atomic E-state index is -0.456. The zero-order chi connectivity index (χ0) is 19.5. The number of oxazole rings is 1. The molecule has 0 saturated heterocycles. The maximum atomic E-state index is 11.3. The molecule has 8 heteroatoms. The van der Waals surface area contributed by atoms with Crippen LogP contribution in [0.3, 0.4) is 0 Å². The number of hydrogen-bond donors (Lipinski definition) is 2. The van der Waals surface area contributed by atoms with Crippen molar-refractivity contribution >= 4 is 27.6 Å². The van der Waals surface area contributed by atoms with Crippen molar-refractivity contribution in [2.24, 2.45) is 0 Å². The molecule has 0 atom stereocenters. The smallest absolute Gasteiger partial charge is 0.417 e. The van der Waals surface area contributed by atoms with Gasteiger partial charge in [-0.05, 0) is 36.2 Å². The van der Waals surface area contributed by atoms with Gasteiger partial charge in [-0.2, -0.15) is 0 Å². The van der Waals surface area contributed by atoms with Gasteiger partial charge in [-0.15, -0.1) is 11.3 Å². The van der Waals surface area contributed by atoms with Gasteiger partial charge in [-0.25, -0.2) is 9.78 Å². The molecule has 4 rings (SSSR count). The molecule has 7 nitrogen and oxygen atoms in total. The normalized spacial score (nSPS) is 10.9. The molecule has 0 saturated carbocycles. The molecular weight excluding hydrogens is 378 g/mol. The molecule has 2 aromatic carbocycles. The molecule has 0 spiro atoms. The third-order valence-electron chi connectivity index (χ3n) is 4.36. The van der Waals surface area contributed by atoms with Crippen LogP contribution in [0, 0.1) is 0 Å². The predicted molar refractivity (Wildman–Crippen MR) is 110 cm³/mol. The third-order valence-corrected chi connectivity index (χ3v) is 5.16. The summed E-state index contributed by atoms with van der Waals surface area (Å²) in [5.41, 5.74) is 4.09. The van der Waals surface area contributed by atoms with E-state index in [1.807, 2.05) is 41.8 Å². The molecule has 4 aromatic rings. The fraction of sp³-hybridized carbons (Fsp3) is 0.200. The molecule has 2 aromatic heterocycles. The van der Waals surface area contributed by atoms with E-state index < -0.39 is 5.76 Å². The Balaban J connectivity index is 1.41. The Morgan fingerprint density at radius 3 is 2.82 bits per heavy atom. The molecule has 0 bridgehead atoms. The standard InChI is InChI=1S/C20H19N3O4S/c1-25-16-6-3-12(9-18(16)26-2)7-8-21-19-22-15(11-28-19)13-4-5-14-17(10-13)27-20(24)23-14/h3-6,9-11H,7-8H2,1-2H3,(H,21,22)(H,23,24). The van der Waals surface area contributed by atoms with Crippen molar-refractivity contribution < 1.29 is 13.9 Å². The summed E-state index contributed by atoms with van der Waals surface area (Å²) in [4.78, 5) is 18.5. The first-order chi connectivity index (χ1) is 13.7. The number of rotatable bonds is 7. The zero-order valence-corrected chi connectivity index (χ0v) is 16.3. The molecular formula is C20H19N3O4S. The molecule has 2 heterocycles. The van der Waals surface area contributed by atoms with Crippen LogP contribution in [-0.2, 0) is 6.42 Å². The topological polar surface area (TPSA) is 89.4 Å². The Morgan fingerprint density at radius 2 is 2.00 bits per heavy atom. The summed E-state index contributed by atoms with van der Waals surface area (Å²) in [6, 6.07) is 11.5. The van der Waals surface area contributed by atoms with Gasteiger partial charge in [-0.1, -0.05) is 12.1 Å². The van der Waals surface area contributed by atoms with E-state index in [0.717, 1.165) is 46.4 Å². The summed E-state index contributed by atoms with van der Waals surface area (Å²) in [5, 5.41) is 6.16. The molecule has 0 aliphatic carbocycles. The van der Waals surface area contributed by atoms with Gasteiger partial charge in [0.2, 0.25) is 0 Å². The van der Waals surface area contributed by atoms with Gasteiger partial charge in [0.1, 0.15) is 0 Å². The van der Waals surface area contributed by atoms with Crippen LogP contribution in [0.25, 0.3) is 22.4 Å². The number of thiazole rings is 1. The summed E-state index contributed by atoms with van der Waals surface area (Å²) in [7, 11) is 3.26. The van der Waals surface area contributed by atoms with Crippen LogP contribution < -0.4 is 20.5 Å². The van der Waals surface area contributed by atoms with Gasteiger partial charge in [0.25, 0.3) is 0 Å². The summed E-state index contributed by atoms with van der Waals surface area (Å²) >= 11 is 1.54. The second-order valence-electron chi connectivity index (χ2n) is 6.13. The van der Waals surface area contributed by atoms with E-state index >= 15 is 0 Å². The van der Waals surface area contributed by atoms with Gasteiger partial charge >= 0.3 is 5.76 Å². The summed E-state index contributed by atoms with van der Waals surface area (Å²) in [6.07, 6.45) is 0.829. The highest BCUT2D eigenvalue weighted by Crippen LogP contribution is 2.29. The van der Waals surface area contributed by atoms with Crippen LogP contribution in [0.15, 0.2) is 51.0 Å². The fourth-order valence-corrected chi connectivity index (χ4v) is 3.69. The van der Waals surface area contributed by atoms with Crippen molar-refractivity contribution in [3.05, 3.63) is 57.9 Å². The maximum Gasteiger partial charge on any atom is 0.417 e. The van der Waals surface area contributed by atoms with E-state index in [1.54, 1.807) is 14.2 Å². The molecule has 28 heavy (non-hydrogen) atoms. The van der Waals surface area contributed by atoms with E-state index in [0.29, 0.717) is 11.1 Å². The highest BCUT2D eigenvalue weighted by Gasteiger charge is 2.08. The number of ether oxygens (including phenoxy) is 2. The average molecular weight is 397 g/mol. The van der Waals surface area contributed by atoms with E-state index in [-0.39, 0.29) is 0 Å². The largest absolute Gasteiger partial charge is 0.493 e. The SMILES string of the molecule is COc1ccc(CCNc2nc(-c3ccc4[nH]c(=O)oc4c3)cs2)cc1OC. The van der Waals surface area contributed by atoms with E-state index in [4.69, 9.17) is 13.9 Å². The van der Waals surface area contributed by atoms with E-state index in [2.05, 4.69) is 15.3 Å². The number of aromatic amines is 1. The van der Waals surface area contributed by atoms with Crippen molar-refractivity contribution in [1.29, 1.82) is 0 Å². The average Bonchev–Trinajstić information content (AvgIpc) is 3.32. The number of nitrogens with zero attached hydrogens (tertiary/aromatic N) is 1. The number of H-pyrrole nitrogens is 1. The summed E-state index contributed by atoms with van der Waals surface area (Å²) < 4.78 is 15.7. The van der Waals surface area contributed by atoms with E-state index in [1.165, 1.54) is 11.3 Å². The quantitative estimate of drug-likeness (QED) is 0.491. The molecule has 0 aliphatic heterocycles. The highest BCUT2D eigenvalue weighted by molar-refractivity contribution is 7.14. The second kappa shape index (κ2) is 7.77. The van der Waals surface area contributed by atoms with E-state index in [9.17, 15) is 4.79 Å². The summed E-state index contributed by atoms with van der Waals surface area (Å²) in [6.45, 7) is 0.744. The number of methoxy groups -OCH3 is 2. The van der Waals surface area contributed by atoms with Crippen LogP contribution >= 0.6 is 11.3 Å². The van der Waals surface area contributed by atoms with Crippen molar-refractivity contribution in [3.8, 4) is 22.8 Å². The van der Waals surface area contributed by atoms with Crippen molar-refractivity contribution in [2.75, 3.05) is 26.1 Å². The van der Waals surface area contributed by atoms with Gasteiger partial charge in [0, 0.05) is 17.5 Å². The molecule has 0 aliphatic rings. The number of aromatic nitrogens is 2. The van der Waals surface area contributed by atoms with Gasteiger partial charge < -0.3 is 19.2 Å². The zero-order valence-electron chi connectivity index (χ0n) is 15.4. The minimum absolute atomic E-state index is 0.456. The number of anilines is 1. The molecule has 144 valence electrons. The van der Waals surface area contributed by atoms with Crippen LogP contribution in [0.4, 0.5) is 5.13 Å². The summed E-state index contributed by atoms with van der Waals surface area (Å²) in [5.74, 6) is 0.991. The Morgan fingerprint density at radius 1 is 1.14 bits per heavy atom. The Bertz CT molecular complexity index is 1160. The first-order valence-corrected chi connectivity index (χ1v) is 9.58. The Kier molecular flexibility index (Phi) is 5.03. The molecule has 0 unspecified atom stereocenters. The van der Waals surface area contributed by atoms with Gasteiger partial charge in [0.15, 0.2) is 22.2 Å². The molecule has 2 N–H and O–H groups in total. The fourth-order valence-electron chi connectivity index (χ4n) is 2.94.